The van der Waals surface area contributed by atoms with Crippen LogP contribution in [0.4, 0.5) is 11.6 Å². The first-order valence-electron chi connectivity index (χ1n) is 6.70. The van der Waals surface area contributed by atoms with Crippen LogP contribution in [0, 0.1) is 0 Å². The minimum atomic E-state index is 0.362. The average Bonchev–Trinajstić information content (AvgIpc) is 2.57. The number of aromatic nitrogens is 4. The van der Waals surface area contributed by atoms with Crippen LogP contribution in [0.25, 0.3) is 11.4 Å². The first kappa shape index (κ1) is 15.8. The van der Waals surface area contributed by atoms with E-state index in [2.05, 4.69) is 57.1 Å². The van der Waals surface area contributed by atoms with Crippen LogP contribution < -0.4 is 11.1 Å². The van der Waals surface area contributed by atoms with Crippen LogP contribution in [-0.2, 0) is 6.54 Å². The van der Waals surface area contributed by atoms with Crippen LogP contribution >= 0.6 is 31.9 Å². The molecular weight excluding hydrogens is 424 g/mol. The lowest BCUT2D eigenvalue weighted by atomic mass is 10.1. The molecule has 0 aliphatic rings. The Balaban J connectivity index is 1.77. The molecule has 1 aromatic carbocycles. The molecule has 0 spiro atoms. The Morgan fingerprint density at radius 1 is 1.04 bits per heavy atom. The predicted octanol–water partition coefficient (Wildman–Crippen LogP) is 3.65. The summed E-state index contributed by atoms with van der Waals surface area (Å²) in [6, 6.07) is 7.97. The summed E-state index contributed by atoms with van der Waals surface area (Å²) in [7, 11) is 0. The van der Waals surface area contributed by atoms with Crippen LogP contribution in [-0.4, -0.2) is 19.9 Å². The number of nitrogens with one attached hydrogen (secondary N) is 1. The minimum absolute atomic E-state index is 0.362. The van der Waals surface area contributed by atoms with E-state index in [1.165, 1.54) is 0 Å². The molecule has 3 N–H and O–H groups in total. The fourth-order valence-electron chi connectivity index (χ4n) is 1.97. The maximum atomic E-state index is 5.81. The number of hydrogen-bond acceptors (Lipinski definition) is 6. The number of benzene rings is 1. The smallest absolute Gasteiger partial charge is 0.170 e. The van der Waals surface area contributed by atoms with Gasteiger partial charge >= 0.3 is 0 Å². The molecule has 6 nitrogen and oxygen atoms in total. The van der Waals surface area contributed by atoms with Crippen molar-refractivity contribution in [3.8, 4) is 11.4 Å². The Kier molecular flexibility index (Phi) is 4.82. The molecule has 2 aromatic heterocycles. The van der Waals surface area contributed by atoms with Gasteiger partial charge < -0.3 is 11.1 Å². The molecule has 0 aliphatic carbocycles. The lowest BCUT2D eigenvalue weighted by Gasteiger charge is -2.09. The van der Waals surface area contributed by atoms with Crippen molar-refractivity contribution in [2.75, 3.05) is 11.1 Å². The van der Waals surface area contributed by atoms with E-state index in [0.717, 1.165) is 15.6 Å². The van der Waals surface area contributed by atoms with E-state index in [0.29, 0.717) is 28.6 Å². The predicted molar refractivity (Wildman–Crippen MR) is 96.6 cm³/mol. The third-order valence-electron chi connectivity index (χ3n) is 3.04. The standard InChI is InChI=1S/C15H12Br2N6/c16-11-6-21-14(22-7-11)10-3-1-2-9(4-10)5-20-15-13(18)19-8-12(17)23-15/h1-4,6-8H,5H2,(H2,18,19)(H,20,23). The summed E-state index contributed by atoms with van der Waals surface area (Å²) in [6.45, 7) is 0.569. The number of nitrogens with two attached hydrogens (primary N) is 1. The lowest BCUT2D eigenvalue weighted by molar-refractivity contribution is 1.08. The first-order chi connectivity index (χ1) is 11.1. The van der Waals surface area contributed by atoms with E-state index in [4.69, 9.17) is 5.73 Å². The third kappa shape index (κ3) is 4.02. The summed E-state index contributed by atoms with van der Waals surface area (Å²) >= 11 is 6.61. The summed E-state index contributed by atoms with van der Waals surface area (Å²) < 4.78 is 1.48. The van der Waals surface area contributed by atoms with Crippen LogP contribution in [0.3, 0.4) is 0 Å². The van der Waals surface area contributed by atoms with E-state index in [-0.39, 0.29) is 0 Å². The molecule has 8 heteroatoms. The Bertz CT molecular complexity index is 822. The van der Waals surface area contributed by atoms with Crippen molar-refractivity contribution in [2.45, 2.75) is 6.54 Å². The van der Waals surface area contributed by atoms with E-state index < -0.39 is 0 Å². The van der Waals surface area contributed by atoms with Gasteiger partial charge in [-0.15, -0.1) is 0 Å². The normalized spacial score (nSPS) is 10.5. The van der Waals surface area contributed by atoms with Crippen molar-refractivity contribution in [2.24, 2.45) is 0 Å². The summed E-state index contributed by atoms with van der Waals surface area (Å²) in [4.78, 5) is 16.9. The molecule has 3 rings (SSSR count). The molecule has 0 saturated carbocycles. The highest BCUT2D eigenvalue weighted by Crippen LogP contribution is 2.20. The van der Waals surface area contributed by atoms with Gasteiger partial charge in [0.05, 0.1) is 10.7 Å². The SMILES string of the molecule is Nc1ncc(Br)nc1NCc1cccc(-c2ncc(Br)cn2)c1. The largest absolute Gasteiger partial charge is 0.381 e. The fourth-order valence-corrected chi connectivity index (χ4v) is 2.46. The van der Waals surface area contributed by atoms with Crippen molar-refractivity contribution in [1.82, 2.24) is 19.9 Å². The van der Waals surface area contributed by atoms with Crippen LogP contribution in [0.15, 0.2) is 51.9 Å². The topological polar surface area (TPSA) is 89.6 Å². The first-order valence-corrected chi connectivity index (χ1v) is 8.29. The van der Waals surface area contributed by atoms with Gasteiger partial charge in [-0.05, 0) is 43.5 Å². The molecule has 23 heavy (non-hydrogen) atoms. The van der Waals surface area contributed by atoms with Crippen molar-refractivity contribution < 1.29 is 0 Å². The quantitative estimate of drug-likeness (QED) is 0.649. The van der Waals surface area contributed by atoms with Gasteiger partial charge in [-0.1, -0.05) is 18.2 Å². The molecule has 116 valence electrons. The Morgan fingerprint density at radius 3 is 2.61 bits per heavy atom. The van der Waals surface area contributed by atoms with Crippen LogP contribution in [0.5, 0.6) is 0 Å². The van der Waals surface area contributed by atoms with Gasteiger partial charge in [-0.3, -0.25) is 0 Å². The second-order valence-corrected chi connectivity index (χ2v) is 6.43. The van der Waals surface area contributed by atoms with E-state index in [1.54, 1.807) is 18.6 Å². The Labute approximate surface area is 149 Å². The van der Waals surface area contributed by atoms with Gasteiger partial charge in [0, 0.05) is 24.5 Å². The molecule has 0 saturated heterocycles. The highest BCUT2D eigenvalue weighted by molar-refractivity contribution is 9.10. The van der Waals surface area contributed by atoms with Gasteiger partial charge in [0.2, 0.25) is 0 Å². The monoisotopic (exact) mass is 434 g/mol. The summed E-state index contributed by atoms with van der Waals surface area (Å²) in [5.41, 5.74) is 7.82. The van der Waals surface area contributed by atoms with Gasteiger partial charge in [-0.2, -0.15) is 0 Å². The second-order valence-electron chi connectivity index (χ2n) is 4.71. The van der Waals surface area contributed by atoms with Gasteiger partial charge in [0.15, 0.2) is 17.5 Å². The number of nitrogen functional groups attached to an aromatic ring is 1. The molecule has 0 amide bonds. The zero-order chi connectivity index (χ0) is 16.2. The van der Waals surface area contributed by atoms with Crippen molar-refractivity contribution >= 4 is 43.5 Å². The molecule has 0 atom stereocenters. The Morgan fingerprint density at radius 2 is 1.83 bits per heavy atom. The lowest BCUT2D eigenvalue weighted by Crippen LogP contribution is -2.06. The molecule has 0 bridgehead atoms. The third-order valence-corrected chi connectivity index (χ3v) is 3.83. The highest BCUT2D eigenvalue weighted by atomic mass is 79.9. The van der Waals surface area contributed by atoms with Crippen molar-refractivity contribution in [1.29, 1.82) is 0 Å². The van der Waals surface area contributed by atoms with Crippen molar-refractivity contribution in [3.05, 3.63) is 57.5 Å². The maximum absolute atomic E-state index is 5.81. The van der Waals surface area contributed by atoms with Crippen LogP contribution in [0.2, 0.25) is 0 Å². The Hall–Kier alpha value is -2.06. The molecule has 0 fully saturated rings. The summed E-state index contributed by atoms with van der Waals surface area (Å²) in [5.74, 6) is 1.59. The average molecular weight is 436 g/mol. The minimum Gasteiger partial charge on any atom is -0.381 e. The number of nitrogens with zero attached hydrogens (tertiary/aromatic N) is 4. The van der Waals surface area contributed by atoms with Crippen molar-refractivity contribution in [3.63, 3.8) is 0 Å². The fraction of sp³-hybridized carbons (Fsp3) is 0.0667. The summed E-state index contributed by atoms with van der Waals surface area (Å²) in [5, 5.41) is 3.18. The molecule has 0 radical (unpaired) electrons. The number of rotatable bonds is 4. The van der Waals surface area contributed by atoms with Gasteiger partial charge in [0.1, 0.15) is 4.60 Å². The van der Waals surface area contributed by atoms with Gasteiger partial charge in [0.25, 0.3) is 0 Å². The summed E-state index contributed by atoms with van der Waals surface area (Å²) in [6.07, 6.45) is 5.02. The van der Waals surface area contributed by atoms with E-state index in [9.17, 15) is 0 Å². The van der Waals surface area contributed by atoms with Gasteiger partial charge in [-0.25, -0.2) is 19.9 Å². The molecule has 3 aromatic rings. The number of halogens is 2. The maximum Gasteiger partial charge on any atom is 0.170 e. The second kappa shape index (κ2) is 7.01. The number of anilines is 2. The van der Waals surface area contributed by atoms with E-state index in [1.807, 2.05) is 24.3 Å². The molecule has 0 unspecified atom stereocenters. The molecule has 0 aliphatic heterocycles. The molecule has 2 heterocycles. The number of hydrogen-bond donors (Lipinski definition) is 2. The zero-order valence-corrected chi connectivity index (χ0v) is 15.0. The highest BCUT2D eigenvalue weighted by Gasteiger charge is 2.05. The molecular formula is C15H12Br2N6. The van der Waals surface area contributed by atoms with Crippen LogP contribution in [0.1, 0.15) is 5.56 Å². The zero-order valence-electron chi connectivity index (χ0n) is 11.9. The van der Waals surface area contributed by atoms with E-state index >= 15 is 0 Å².